The molecule has 0 spiro atoms. The van der Waals surface area contributed by atoms with Gasteiger partial charge in [-0.2, -0.15) is 42.9 Å². The van der Waals surface area contributed by atoms with E-state index in [9.17, 15) is 54.7 Å². The Kier molecular flexibility index (Phi) is 41.8. The van der Waals surface area contributed by atoms with Crippen molar-refractivity contribution in [1.29, 1.82) is 0 Å². The van der Waals surface area contributed by atoms with E-state index in [1.807, 2.05) is 13.8 Å². The molecule has 0 saturated heterocycles. The van der Waals surface area contributed by atoms with Crippen molar-refractivity contribution in [2.45, 2.75) is 50.1 Å². The summed E-state index contributed by atoms with van der Waals surface area (Å²) in [4.78, 5) is 25.8. The monoisotopic (exact) mass is 1340 g/mol. The van der Waals surface area contributed by atoms with Crippen LogP contribution in [0.2, 0.25) is 0 Å². The van der Waals surface area contributed by atoms with Gasteiger partial charge in [0.2, 0.25) is 29.7 Å². The maximum atomic E-state index is 12.6. The van der Waals surface area contributed by atoms with Crippen molar-refractivity contribution < 1.29 is 391 Å². The van der Waals surface area contributed by atoms with E-state index < -0.39 is 45.0 Å². The molecular formula is C37H31K6N11O18S6. The van der Waals surface area contributed by atoms with Gasteiger partial charge >= 0.3 is 308 Å². The summed E-state index contributed by atoms with van der Waals surface area (Å²) in [7, 11) is -15.2. The van der Waals surface area contributed by atoms with E-state index in [-0.39, 0.29) is 387 Å². The number of hydrogen-bond donors (Lipinski definition) is 4. The minimum Gasteiger partial charge on any atom is -0.744 e. The van der Waals surface area contributed by atoms with Gasteiger partial charge in [-0.1, -0.05) is 24.3 Å². The van der Waals surface area contributed by atoms with Gasteiger partial charge in [-0.15, -0.1) is 0 Å². The van der Waals surface area contributed by atoms with Crippen LogP contribution in [0.4, 0.5) is 52.5 Å². The Balaban J connectivity index is 0.00000988. The summed E-state index contributed by atoms with van der Waals surface area (Å²) in [5, 5.41) is 53.2. The van der Waals surface area contributed by atoms with Gasteiger partial charge in [0.05, 0.1) is 67.1 Å². The first-order chi connectivity index (χ1) is 34.2. The van der Waals surface area contributed by atoms with Gasteiger partial charge < -0.3 is 55.6 Å². The summed E-state index contributed by atoms with van der Waals surface area (Å²) in [5.41, 5.74) is 0.0896. The Morgan fingerprint density at radius 1 is 0.513 bits per heavy atom. The standard InChI is InChI=1S/C37H37N11O18S6.6K/c1-4-48(5-2)37-46-35(45-36(47-37)42-27-19-26(70(52,53)54)13-14-29(27)68-65-62-50)40-23-10-8-21(30(16-23)69-66-63-51)6-7-22-9-11-24(17-32(22)72(58,59)60)41-33-38-20(3)39-34(44-33)43-28-18-25(67-64-61-49)12-15-31(28)71(55,56)57;;;;;;/h6-19,49-51H,4-5H2,1-3H3,(H,52,53,54)(H,55,56,57)(H,58,59,60)(H2,38,39,41,43,44)(H2,40,42,45,46,47);;;;;;/q;6*+1/p-6/b7-6+;;;;;;. The van der Waals surface area contributed by atoms with Crippen LogP contribution >= 0.6 is 36.1 Å². The van der Waals surface area contributed by atoms with Crippen molar-refractivity contribution in [3.05, 3.63) is 89.7 Å². The fourth-order valence-corrected chi connectivity index (χ4v) is 9.19. The average molecular weight is 1340 g/mol. The second-order valence-electron chi connectivity index (χ2n) is 13.7. The van der Waals surface area contributed by atoms with Crippen LogP contribution in [0, 0.1) is 6.92 Å². The predicted molar refractivity (Wildman–Crippen MR) is 244 cm³/mol. The van der Waals surface area contributed by atoms with Gasteiger partial charge in [-0.05, 0) is 92.6 Å². The second-order valence-corrected chi connectivity index (χ2v) is 20.0. The Morgan fingerprint density at radius 3 is 1.55 bits per heavy atom. The van der Waals surface area contributed by atoms with E-state index >= 15 is 0 Å². The first-order valence-electron chi connectivity index (χ1n) is 19.5. The zero-order chi connectivity index (χ0) is 52.2. The molecule has 4 aromatic carbocycles. The summed E-state index contributed by atoms with van der Waals surface area (Å²) in [6.45, 7) is 5.96. The first-order valence-corrected chi connectivity index (χ1v) is 26.0. The number of nitrogens with zero attached hydrogens (tertiary/aromatic N) is 7. The van der Waals surface area contributed by atoms with Gasteiger partial charge in [-0.3, -0.25) is 15.1 Å². The summed E-state index contributed by atoms with van der Waals surface area (Å²) >= 11 is 1.26. The molecule has 78 heavy (non-hydrogen) atoms. The van der Waals surface area contributed by atoms with Crippen molar-refractivity contribution in [3.63, 3.8) is 0 Å². The summed E-state index contributed by atoms with van der Waals surface area (Å²) < 4.78 is 123. The molecule has 0 radical (unpaired) electrons. The Hall–Kier alpha value is 3.88. The quantitative estimate of drug-likeness (QED) is 0.0103. The van der Waals surface area contributed by atoms with Crippen LogP contribution in [-0.2, 0) is 58.5 Å². The van der Waals surface area contributed by atoms with E-state index in [0.717, 1.165) is 30.3 Å². The van der Waals surface area contributed by atoms with Crippen molar-refractivity contribution >= 4 is 131 Å². The molecule has 6 aromatic rings. The molecule has 2 heterocycles. The van der Waals surface area contributed by atoms with Crippen LogP contribution in [0.3, 0.4) is 0 Å². The Bertz CT molecular complexity index is 3320. The van der Waals surface area contributed by atoms with E-state index in [0.29, 0.717) is 54.8 Å². The van der Waals surface area contributed by atoms with Crippen LogP contribution in [0.1, 0.15) is 30.8 Å². The van der Waals surface area contributed by atoms with Crippen molar-refractivity contribution in [2.75, 3.05) is 39.3 Å². The number of aryl methyl sites for hydroxylation is 1. The Labute approximate surface area is 714 Å². The van der Waals surface area contributed by atoms with Crippen molar-refractivity contribution in [2.24, 2.45) is 0 Å². The number of hydrogen-bond acceptors (Lipinski definition) is 32. The van der Waals surface area contributed by atoms with Crippen LogP contribution in [-0.4, -0.2) is 81.9 Å². The topological polar surface area (TPSA) is 425 Å². The number of aromatic nitrogens is 6. The van der Waals surface area contributed by atoms with Crippen molar-refractivity contribution in [3.8, 4) is 0 Å². The molecule has 29 nitrogen and oxygen atoms in total. The van der Waals surface area contributed by atoms with E-state index in [1.165, 1.54) is 61.5 Å². The van der Waals surface area contributed by atoms with Crippen LogP contribution in [0.15, 0.2) is 102 Å². The number of anilines is 9. The minimum atomic E-state index is -5.19. The maximum absolute atomic E-state index is 12.6. The molecule has 41 heteroatoms. The molecule has 0 aliphatic rings. The molecule has 0 saturated carbocycles. The number of rotatable bonds is 25. The number of benzene rings is 4. The normalized spacial score (nSPS) is 11.1. The zero-order valence-electron chi connectivity index (χ0n) is 42.4. The second kappa shape index (κ2) is 39.8. The number of nitrogens with one attached hydrogen (secondary N) is 4. The molecule has 0 aliphatic heterocycles. The minimum absolute atomic E-state index is 0. The summed E-state index contributed by atoms with van der Waals surface area (Å²) in [6.07, 6.45) is 2.68. The Morgan fingerprint density at radius 2 is 1.00 bits per heavy atom. The maximum Gasteiger partial charge on any atom is 1.00 e. The first kappa shape index (κ1) is 81.9. The smallest absolute Gasteiger partial charge is 0.744 e. The van der Waals surface area contributed by atoms with E-state index in [2.05, 4.69) is 79.3 Å². The summed E-state index contributed by atoms with van der Waals surface area (Å²) in [6, 6.07) is 14.5. The molecule has 0 unspecified atom stereocenters. The fraction of sp³-hybridized carbons (Fsp3) is 0.135. The van der Waals surface area contributed by atoms with Gasteiger partial charge in [0, 0.05) is 34.3 Å². The molecule has 0 aliphatic carbocycles. The predicted octanol–water partition coefficient (Wildman–Crippen LogP) is -15.2. The molecule has 4 N–H and O–H groups in total. The van der Waals surface area contributed by atoms with Gasteiger partial charge in [0.25, 0.3) is 0 Å². The van der Waals surface area contributed by atoms with Gasteiger partial charge in [0.15, 0.2) is 0 Å². The van der Waals surface area contributed by atoms with E-state index in [4.69, 9.17) is 0 Å². The van der Waals surface area contributed by atoms with Crippen LogP contribution in [0.5, 0.6) is 0 Å². The van der Waals surface area contributed by atoms with Gasteiger partial charge in [0.1, 0.15) is 36.2 Å². The van der Waals surface area contributed by atoms with Crippen LogP contribution in [0.25, 0.3) is 12.2 Å². The molecule has 384 valence electrons. The molecule has 0 fully saturated rings. The largest absolute Gasteiger partial charge is 1.00 e. The molecule has 0 atom stereocenters. The zero-order valence-corrected chi connectivity index (χ0v) is 66.1. The van der Waals surface area contributed by atoms with Crippen molar-refractivity contribution in [1.82, 2.24) is 29.9 Å². The average Bonchev–Trinajstić information content (AvgIpc) is 3.31. The van der Waals surface area contributed by atoms with Gasteiger partial charge in [-0.25, -0.2) is 25.3 Å². The third-order valence-electron chi connectivity index (χ3n) is 9.08. The molecule has 6 rings (SSSR count). The van der Waals surface area contributed by atoms with E-state index in [1.54, 1.807) is 4.90 Å². The molecule has 0 amide bonds. The SMILES string of the molecule is CCN(CC)c1nc(Nc2ccc(/C=C/c3ccc(Nc4nc(C)nc(Nc5cc(SOO[O-])ccc5S(=O)(=O)[O-])n4)cc3S(=O)(=O)[O-])c(SOO[O-])c2)nc(Nc2cc(S(=O)(=O)[O-])ccc2SOO[O-])n1.[K+].[K+].[K+].[K+].[K+].[K+]. The molecule has 2 aromatic heterocycles. The fourth-order valence-electron chi connectivity index (χ4n) is 6.05. The van der Waals surface area contributed by atoms with Crippen LogP contribution < -0.4 is 350 Å². The molecular weight excluding hydrogens is 1310 g/mol. The molecule has 0 bridgehead atoms. The third kappa shape index (κ3) is 25.8. The third-order valence-corrected chi connectivity index (χ3v) is 13.6. The summed E-state index contributed by atoms with van der Waals surface area (Å²) in [5.74, 6) is -0.558.